The molecule has 1 N–H and O–H groups in total. The van der Waals surface area contributed by atoms with Gasteiger partial charge in [0.2, 0.25) is 0 Å². The summed E-state index contributed by atoms with van der Waals surface area (Å²) in [4.78, 5) is 0. The van der Waals surface area contributed by atoms with Gasteiger partial charge in [-0.2, -0.15) is 0 Å². The van der Waals surface area contributed by atoms with E-state index in [9.17, 15) is 8.78 Å². The first-order chi connectivity index (χ1) is 5.70. The predicted molar refractivity (Wildman–Crippen MR) is 43.6 cm³/mol. The van der Waals surface area contributed by atoms with Gasteiger partial charge >= 0.3 is 0 Å². The molecule has 1 aliphatic rings. The highest BCUT2D eigenvalue weighted by atomic mass is 35.5. The normalized spacial score (nSPS) is 14.2. The Balaban J connectivity index is 2.69. The van der Waals surface area contributed by atoms with Crippen LogP contribution in [0.4, 0.5) is 14.5 Å². The molecule has 0 spiro atoms. The maximum atomic E-state index is 13.0. The second-order valence-corrected chi connectivity index (χ2v) is 3.09. The Bertz CT molecular complexity index is 338. The van der Waals surface area contributed by atoms with Gasteiger partial charge in [-0.05, 0) is 18.1 Å². The van der Waals surface area contributed by atoms with Crippen molar-refractivity contribution >= 4 is 17.3 Å². The molecule has 0 radical (unpaired) electrons. The molecule has 1 aromatic carbocycles. The minimum atomic E-state index is -0.895. The third-order valence-corrected chi connectivity index (χ3v) is 2.29. The number of hydrogen-bond donors (Lipinski definition) is 1. The van der Waals surface area contributed by atoms with Gasteiger partial charge < -0.3 is 5.32 Å². The molecule has 0 bridgehead atoms. The second-order valence-electron chi connectivity index (χ2n) is 2.68. The van der Waals surface area contributed by atoms with Crippen molar-refractivity contribution in [1.82, 2.24) is 0 Å². The van der Waals surface area contributed by atoms with Crippen molar-refractivity contribution in [1.29, 1.82) is 0 Å². The van der Waals surface area contributed by atoms with Gasteiger partial charge in [0, 0.05) is 11.6 Å². The Labute approximate surface area is 73.3 Å². The molecule has 0 atom stereocenters. The lowest BCUT2D eigenvalue weighted by molar-refractivity contribution is 0.511. The quantitative estimate of drug-likeness (QED) is 0.619. The summed E-state index contributed by atoms with van der Waals surface area (Å²) < 4.78 is 25.7. The van der Waals surface area contributed by atoms with Crippen LogP contribution in [0.5, 0.6) is 0 Å². The van der Waals surface area contributed by atoms with Crippen LogP contribution < -0.4 is 5.32 Å². The number of fused-ring (bicyclic) bond motifs is 1. The van der Waals surface area contributed by atoms with Crippen LogP contribution in [-0.2, 0) is 6.42 Å². The summed E-state index contributed by atoms with van der Waals surface area (Å²) in [5.41, 5.74) is 0.899. The molecule has 4 heteroatoms. The average molecular weight is 190 g/mol. The highest BCUT2D eigenvalue weighted by Gasteiger charge is 2.20. The number of rotatable bonds is 0. The van der Waals surface area contributed by atoms with Gasteiger partial charge in [0.05, 0.1) is 5.69 Å². The van der Waals surface area contributed by atoms with E-state index < -0.39 is 11.6 Å². The molecule has 0 unspecified atom stereocenters. The standard InChI is InChI=1S/C8H6ClF2N/c9-5-3-6(10)7(11)8-4(5)1-2-12-8/h3,12H,1-2H2. The first kappa shape index (κ1) is 7.80. The van der Waals surface area contributed by atoms with Crippen molar-refractivity contribution < 1.29 is 8.78 Å². The van der Waals surface area contributed by atoms with Crippen LogP contribution in [0.15, 0.2) is 6.07 Å². The molecule has 0 aliphatic carbocycles. The number of benzene rings is 1. The van der Waals surface area contributed by atoms with E-state index in [0.717, 1.165) is 6.07 Å². The van der Waals surface area contributed by atoms with Gasteiger partial charge in [-0.1, -0.05) is 11.6 Å². The van der Waals surface area contributed by atoms with Crippen LogP contribution in [0, 0.1) is 11.6 Å². The van der Waals surface area contributed by atoms with Gasteiger partial charge in [0.25, 0.3) is 0 Å². The molecule has 0 fully saturated rings. The van der Waals surface area contributed by atoms with Crippen molar-refractivity contribution in [2.75, 3.05) is 11.9 Å². The Morgan fingerprint density at radius 1 is 1.42 bits per heavy atom. The molecule has 1 heterocycles. The molecule has 0 aromatic heterocycles. The number of hydrogen-bond acceptors (Lipinski definition) is 1. The van der Waals surface area contributed by atoms with E-state index in [1.807, 2.05) is 0 Å². The van der Waals surface area contributed by atoms with E-state index in [0.29, 0.717) is 23.6 Å². The van der Waals surface area contributed by atoms with E-state index in [4.69, 9.17) is 11.6 Å². The SMILES string of the molecule is Fc1cc(Cl)c2c(c1F)NCC2. The topological polar surface area (TPSA) is 12.0 Å². The van der Waals surface area contributed by atoms with E-state index in [1.54, 1.807) is 0 Å². The summed E-state index contributed by atoms with van der Waals surface area (Å²) in [6.07, 6.45) is 0.658. The third kappa shape index (κ3) is 0.966. The lowest BCUT2D eigenvalue weighted by Gasteiger charge is -2.03. The Morgan fingerprint density at radius 3 is 2.92 bits per heavy atom. The fourth-order valence-corrected chi connectivity index (χ4v) is 1.66. The highest BCUT2D eigenvalue weighted by molar-refractivity contribution is 6.31. The van der Waals surface area contributed by atoms with E-state index in [2.05, 4.69) is 5.32 Å². The Hall–Kier alpha value is -0.830. The molecule has 2 rings (SSSR count). The van der Waals surface area contributed by atoms with Crippen LogP contribution in [0.3, 0.4) is 0 Å². The van der Waals surface area contributed by atoms with Crippen LogP contribution in [0.2, 0.25) is 5.02 Å². The molecule has 1 nitrogen and oxygen atoms in total. The fraction of sp³-hybridized carbons (Fsp3) is 0.250. The summed E-state index contributed by atoms with van der Waals surface area (Å²) in [5.74, 6) is -1.72. The van der Waals surface area contributed by atoms with Gasteiger partial charge in [0.15, 0.2) is 11.6 Å². The molecular weight excluding hydrogens is 184 g/mol. The summed E-state index contributed by atoms with van der Waals surface area (Å²) in [7, 11) is 0. The lowest BCUT2D eigenvalue weighted by atomic mass is 10.1. The maximum absolute atomic E-state index is 13.0. The van der Waals surface area contributed by atoms with Crippen LogP contribution in [-0.4, -0.2) is 6.54 Å². The highest BCUT2D eigenvalue weighted by Crippen LogP contribution is 2.33. The first-order valence-electron chi connectivity index (χ1n) is 3.60. The van der Waals surface area contributed by atoms with Gasteiger partial charge in [-0.3, -0.25) is 0 Å². The zero-order valence-corrected chi connectivity index (χ0v) is 6.88. The molecular formula is C8H6ClF2N. The zero-order valence-electron chi connectivity index (χ0n) is 6.13. The predicted octanol–water partition coefficient (Wildman–Crippen LogP) is 2.59. The number of halogens is 3. The Kier molecular flexibility index (Phi) is 1.68. The van der Waals surface area contributed by atoms with E-state index >= 15 is 0 Å². The molecule has 1 aliphatic heterocycles. The molecule has 64 valence electrons. The molecule has 12 heavy (non-hydrogen) atoms. The maximum Gasteiger partial charge on any atom is 0.182 e. The van der Waals surface area contributed by atoms with Crippen molar-refractivity contribution in [3.05, 3.63) is 28.3 Å². The summed E-state index contributed by atoms with van der Waals surface area (Å²) in [5, 5.41) is 3.05. The van der Waals surface area contributed by atoms with Crippen LogP contribution in [0.25, 0.3) is 0 Å². The molecule has 0 saturated heterocycles. The summed E-state index contributed by atoms with van der Waals surface area (Å²) >= 11 is 5.70. The Morgan fingerprint density at radius 2 is 2.17 bits per heavy atom. The zero-order chi connectivity index (χ0) is 8.72. The molecule has 0 saturated carbocycles. The second kappa shape index (κ2) is 2.59. The summed E-state index contributed by atoms with van der Waals surface area (Å²) in [6, 6.07) is 1.02. The number of nitrogens with one attached hydrogen (secondary N) is 1. The third-order valence-electron chi connectivity index (χ3n) is 1.95. The largest absolute Gasteiger partial charge is 0.382 e. The van der Waals surface area contributed by atoms with Crippen molar-refractivity contribution in [2.45, 2.75) is 6.42 Å². The van der Waals surface area contributed by atoms with E-state index in [-0.39, 0.29) is 5.69 Å². The minimum absolute atomic E-state index is 0.222. The van der Waals surface area contributed by atoms with Gasteiger partial charge in [-0.25, -0.2) is 8.78 Å². The van der Waals surface area contributed by atoms with Gasteiger partial charge in [-0.15, -0.1) is 0 Å². The first-order valence-corrected chi connectivity index (χ1v) is 3.98. The monoisotopic (exact) mass is 189 g/mol. The fourth-order valence-electron chi connectivity index (χ4n) is 1.37. The van der Waals surface area contributed by atoms with Crippen molar-refractivity contribution in [2.24, 2.45) is 0 Å². The van der Waals surface area contributed by atoms with Gasteiger partial charge in [0.1, 0.15) is 0 Å². The smallest absolute Gasteiger partial charge is 0.182 e. The van der Waals surface area contributed by atoms with Crippen LogP contribution in [0.1, 0.15) is 5.56 Å². The van der Waals surface area contributed by atoms with Crippen molar-refractivity contribution in [3.8, 4) is 0 Å². The van der Waals surface area contributed by atoms with E-state index in [1.165, 1.54) is 0 Å². The number of anilines is 1. The van der Waals surface area contributed by atoms with Crippen LogP contribution >= 0.6 is 11.6 Å². The molecule has 0 amide bonds. The molecule has 1 aromatic rings. The average Bonchev–Trinajstić information content (AvgIpc) is 2.48. The summed E-state index contributed by atoms with van der Waals surface area (Å²) in [6.45, 7) is 0.620. The minimum Gasteiger partial charge on any atom is -0.382 e. The lowest BCUT2D eigenvalue weighted by Crippen LogP contribution is -1.95. The van der Waals surface area contributed by atoms with Crippen molar-refractivity contribution in [3.63, 3.8) is 0 Å².